The van der Waals surface area contributed by atoms with Crippen molar-refractivity contribution in [3.05, 3.63) is 51.5 Å². The highest BCUT2D eigenvalue weighted by Gasteiger charge is 2.27. The summed E-state index contributed by atoms with van der Waals surface area (Å²) in [5.41, 5.74) is 1.65. The highest BCUT2D eigenvalue weighted by atomic mass is 32.1. The van der Waals surface area contributed by atoms with Gasteiger partial charge in [0.05, 0.1) is 24.7 Å². The summed E-state index contributed by atoms with van der Waals surface area (Å²) in [6.45, 7) is 4.49. The predicted molar refractivity (Wildman–Crippen MR) is 101 cm³/mol. The number of benzene rings is 1. The summed E-state index contributed by atoms with van der Waals surface area (Å²) < 4.78 is 40.9. The first kappa shape index (κ1) is 21.2. The second-order valence-electron chi connectivity index (χ2n) is 5.82. The average Bonchev–Trinajstić information content (AvgIpc) is 3.03. The molecule has 0 saturated carbocycles. The van der Waals surface area contributed by atoms with Crippen molar-refractivity contribution >= 4 is 17.3 Å². The van der Waals surface area contributed by atoms with E-state index < -0.39 is 12.8 Å². The van der Waals surface area contributed by atoms with Gasteiger partial charge in [-0.1, -0.05) is 24.3 Å². The van der Waals surface area contributed by atoms with Crippen LogP contribution in [0.4, 0.5) is 13.2 Å². The lowest BCUT2D eigenvalue weighted by molar-refractivity contribution is -0.176. The molecule has 0 unspecified atom stereocenters. The molecule has 0 radical (unpaired) electrons. The van der Waals surface area contributed by atoms with E-state index in [-0.39, 0.29) is 6.61 Å². The number of hydrogen-bond donors (Lipinski definition) is 2. The van der Waals surface area contributed by atoms with E-state index in [1.807, 2.05) is 32.2 Å². The Morgan fingerprint density at radius 3 is 2.48 bits per heavy atom. The van der Waals surface area contributed by atoms with Gasteiger partial charge in [-0.3, -0.25) is 0 Å². The third-order valence-corrected chi connectivity index (χ3v) is 4.33. The van der Waals surface area contributed by atoms with Crippen LogP contribution in [0.3, 0.4) is 0 Å². The molecule has 0 spiro atoms. The van der Waals surface area contributed by atoms with Gasteiger partial charge in [0, 0.05) is 17.6 Å². The van der Waals surface area contributed by atoms with Crippen molar-refractivity contribution in [3.63, 3.8) is 0 Å². The summed E-state index contributed by atoms with van der Waals surface area (Å²) >= 11 is 1.63. The summed E-state index contributed by atoms with van der Waals surface area (Å²) in [6, 6.07) is 7.18. The summed E-state index contributed by atoms with van der Waals surface area (Å²) in [6.07, 6.45) is -2.46. The van der Waals surface area contributed by atoms with Crippen molar-refractivity contribution in [2.45, 2.75) is 39.7 Å². The van der Waals surface area contributed by atoms with Crippen molar-refractivity contribution in [1.29, 1.82) is 0 Å². The van der Waals surface area contributed by atoms with Gasteiger partial charge in [0.15, 0.2) is 5.96 Å². The Morgan fingerprint density at radius 1 is 1.19 bits per heavy atom. The molecular formula is C18H23F3N4OS. The Hall–Kier alpha value is -2.13. The van der Waals surface area contributed by atoms with Crippen LogP contribution in [-0.4, -0.2) is 30.3 Å². The summed E-state index contributed by atoms with van der Waals surface area (Å²) in [5, 5.41) is 7.46. The largest absolute Gasteiger partial charge is 0.411 e. The zero-order valence-corrected chi connectivity index (χ0v) is 16.1. The Morgan fingerprint density at radius 2 is 1.89 bits per heavy atom. The van der Waals surface area contributed by atoms with Gasteiger partial charge in [0.1, 0.15) is 6.61 Å². The first-order valence-electron chi connectivity index (χ1n) is 8.51. The van der Waals surface area contributed by atoms with Crippen LogP contribution in [0.1, 0.15) is 27.9 Å². The van der Waals surface area contributed by atoms with Crippen LogP contribution < -0.4 is 10.6 Å². The van der Waals surface area contributed by atoms with Gasteiger partial charge in [0.25, 0.3) is 0 Å². The van der Waals surface area contributed by atoms with Crippen LogP contribution in [0.5, 0.6) is 0 Å². The van der Waals surface area contributed by atoms with E-state index in [2.05, 4.69) is 25.3 Å². The molecule has 1 aromatic heterocycles. The summed E-state index contributed by atoms with van der Waals surface area (Å²) in [4.78, 5) is 9.88. The minimum Gasteiger partial charge on any atom is -0.367 e. The molecule has 2 N–H and O–H groups in total. The second kappa shape index (κ2) is 10.3. The highest BCUT2D eigenvalue weighted by Crippen LogP contribution is 2.16. The number of aryl methyl sites for hydroxylation is 1. The molecule has 1 aromatic carbocycles. The maximum Gasteiger partial charge on any atom is 0.411 e. The molecule has 0 aliphatic rings. The van der Waals surface area contributed by atoms with Crippen LogP contribution in [-0.2, 0) is 24.4 Å². The third kappa shape index (κ3) is 8.40. The number of guanidine groups is 1. The zero-order chi connectivity index (χ0) is 19.7. The molecule has 0 atom stereocenters. The molecule has 2 aromatic rings. The van der Waals surface area contributed by atoms with Crippen LogP contribution in [0.25, 0.3) is 0 Å². The molecule has 5 nitrogen and oxygen atoms in total. The maximum atomic E-state index is 12.1. The first-order valence-corrected chi connectivity index (χ1v) is 9.33. The predicted octanol–water partition coefficient (Wildman–Crippen LogP) is 3.79. The van der Waals surface area contributed by atoms with E-state index in [0.717, 1.165) is 22.0 Å². The molecule has 0 bridgehead atoms. The van der Waals surface area contributed by atoms with E-state index in [1.165, 1.54) is 0 Å². The molecular weight excluding hydrogens is 377 g/mol. The van der Waals surface area contributed by atoms with Crippen LogP contribution in [0.15, 0.2) is 35.5 Å². The van der Waals surface area contributed by atoms with Gasteiger partial charge in [-0.25, -0.2) is 9.98 Å². The van der Waals surface area contributed by atoms with Crippen molar-refractivity contribution in [2.24, 2.45) is 4.99 Å². The lowest BCUT2D eigenvalue weighted by Gasteiger charge is -2.10. The van der Waals surface area contributed by atoms with Crippen molar-refractivity contribution in [1.82, 2.24) is 15.6 Å². The fraction of sp³-hybridized carbons (Fsp3) is 0.444. The molecule has 2 rings (SSSR count). The number of alkyl halides is 3. The minimum absolute atomic E-state index is 0.0679. The van der Waals surface area contributed by atoms with Gasteiger partial charge < -0.3 is 15.4 Å². The van der Waals surface area contributed by atoms with Crippen molar-refractivity contribution in [2.75, 3.05) is 13.2 Å². The number of hydrogen-bond acceptors (Lipinski definition) is 4. The van der Waals surface area contributed by atoms with Crippen LogP contribution in [0.2, 0.25) is 0 Å². The molecule has 0 amide bonds. The Bertz CT molecular complexity index is 729. The Kier molecular flexibility index (Phi) is 8.05. The molecule has 0 saturated heterocycles. The van der Waals surface area contributed by atoms with Gasteiger partial charge in [0.2, 0.25) is 0 Å². The van der Waals surface area contributed by atoms with Gasteiger partial charge in [-0.15, -0.1) is 11.3 Å². The molecule has 27 heavy (non-hydrogen) atoms. The number of nitrogens with one attached hydrogen (secondary N) is 2. The van der Waals surface area contributed by atoms with Gasteiger partial charge in [-0.05, 0) is 25.0 Å². The average molecular weight is 400 g/mol. The standard InChI is InChI=1S/C18H23F3N4OS/c1-3-22-17(25-10-16-9-23-13(2)27-16)24-8-14-4-6-15(7-5-14)11-26-12-18(19,20)21/h4-7,9H,3,8,10-12H2,1-2H3,(H2,22,24,25). The number of aliphatic imine (C=N–C) groups is 1. The molecule has 0 aliphatic carbocycles. The fourth-order valence-electron chi connectivity index (χ4n) is 2.20. The Labute approximate surface area is 160 Å². The lowest BCUT2D eigenvalue weighted by atomic mass is 10.1. The SMILES string of the molecule is CCNC(=NCc1ccc(COCC(F)(F)F)cc1)NCc1cnc(C)s1. The monoisotopic (exact) mass is 400 g/mol. The number of aromatic nitrogens is 1. The van der Waals surface area contributed by atoms with E-state index in [9.17, 15) is 13.2 Å². The minimum atomic E-state index is -4.30. The summed E-state index contributed by atoms with van der Waals surface area (Å²) in [5.74, 6) is 0.696. The smallest absolute Gasteiger partial charge is 0.367 e. The van der Waals surface area contributed by atoms with E-state index >= 15 is 0 Å². The molecule has 9 heteroatoms. The molecule has 0 aliphatic heterocycles. The number of ether oxygens (including phenoxy) is 1. The van der Waals surface area contributed by atoms with Crippen LogP contribution in [0, 0.1) is 6.92 Å². The fourth-order valence-corrected chi connectivity index (χ4v) is 2.93. The first-order chi connectivity index (χ1) is 12.9. The van der Waals surface area contributed by atoms with Crippen LogP contribution >= 0.6 is 11.3 Å². The van der Waals surface area contributed by atoms with Crippen molar-refractivity contribution in [3.8, 4) is 0 Å². The zero-order valence-electron chi connectivity index (χ0n) is 15.3. The third-order valence-electron chi connectivity index (χ3n) is 3.42. The van der Waals surface area contributed by atoms with Crippen molar-refractivity contribution < 1.29 is 17.9 Å². The number of rotatable bonds is 8. The van der Waals surface area contributed by atoms with Gasteiger partial charge in [-0.2, -0.15) is 13.2 Å². The maximum absolute atomic E-state index is 12.1. The number of halogens is 3. The van der Waals surface area contributed by atoms with E-state index in [1.54, 1.807) is 23.5 Å². The number of thiazole rings is 1. The number of nitrogens with zero attached hydrogens (tertiary/aromatic N) is 2. The van der Waals surface area contributed by atoms with E-state index in [4.69, 9.17) is 0 Å². The molecule has 1 heterocycles. The summed E-state index contributed by atoms with van der Waals surface area (Å²) in [7, 11) is 0. The molecule has 0 fully saturated rings. The Balaban J connectivity index is 1.85. The lowest BCUT2D eigenvalue weighted by Crippen LogP contribution is -2.36. The molecule has 148 valence electrons. The van der Waals surface area contributed by atoms with E-state index in [0.29, 0.717) is 24.6 Å². The second-order valence-corrected chi connectivity index (χ2v) is 7.14. The highest BCUT2D eigenvalue weighted by molar-refractivity contribution is 7.11. The van der Waals surface area contributed by atoms with Gasteiger partial charge >= 0.3 is 6.18 Å². The topological polar surface area (TPSA) is 58.5 Å². The quantitative estimate of drug-likeness (QED) is 0.523. The normalized spacial score (nSPS) is 12.3.